The molecule has 1 fully saturated rings. The second-order valence-electron chi connectivity index (χ2n) is 5.66. The van der Waals surface area contributed by atoms with Crippen LogP contribution < -0.4 is 16.4 Å². The van der Waals surface area contributed by atoms with Crippen LogP contribution >= 0.6 is 12.4 Å². The fourth-order valence-electron chi connectivity index (χ4n) is 2.62. The van der Waals surface area contributed by atoms with Crippen LogP contribution in [0.2, 0.25) is 0 Å². The number of nitrogens with two attached hydrogens (primary N) is 1. The molecule has 1 aliphatic heterocycles. The molecule has 128 valence electrons. The zero-order chi connectivity index (χ0) is 16.0. The number of halogens is 1. The summed E-state index contributed by atoms with van der Waals surface area (Å²) in [4.78, 5) is 23.5. The van der Waals surface area contributed by atoms with Gasteiger partial charge >= 0.3 is 0 Å². The summed E-state index contributed by atoms with van der Waals surface area (Å²) in [5.74, 6) is -0.145. The lowest BCUT2D eigenvalue weighted by Gasteiger charge is -2.34. The van der Waals surface area contributed by atoms with Gasteiger partial charge < -0.3 is 21.1 Å². The highest BCUT2D eigenvalue weighted by Crippen LogP contribution is 2.29. The maximum absolute atomic E-state index is 12.5. The Morgan fingerprint density at radius 3 is 2.61 bits per heavy atom. The van der Waals surface area contributed by atoms with Crippen molar-refractivity contribution in [2.45, 2.75) is 26.3 Å². The molecule has 0 atom stereocenters. The minimum Gasteiger partial charge on any atom is -0.381 e. The summed E-state index contributed by atoms with van der Waals surface area (Å²) in [5.41, 5.74) is 6.95. The molecule has 6 nitrogen and oxygen atoms in total. The predicted octanol–water partition coefficient (Wildman–Crippen LogP) is 1.44. The largest absolute Gasteiger partial charge is 0.381 e. The van der Waals surface area contributed by atoms with E-state index in [-0.39, 0.29) is 24.2 Å². The number of ether oxygens (including phenoxy) is 1. The van der Waals surface area contributed by atoms with E-state index in [0.29, 0.717) is 39.1 Å². The Kier molecular flexibility index (Phi) is 7.48. The van der Waals surface area contributed by atoms with Crippen LogP contribution in [0.3, 0.4) is 0 Å². The second-order valence-corrected chi connectivity index (χ2v) is 5.66. The zero-order valence-corrected chi connectivity index (χ0v) is 14.1. The minimum absolute atomic E-state index is 0. The third kappa shape index (κ3) is 5.20. The fraction of sp³-hybridized carbons (Fsp3) is 0.500. The van der Waals surface area contributed by atoms with Crippen molar-refractivity contribution in [2.24, 2.45) is 11.1 Å². The van der Waals surface area contributed by atoms with Crippen LogP contribution in [-0.2, 0) is 20.9 Å². The summed E-state index contributed by atoms with van der Waals surface area (Å²) in [6.07, 6.45) is 1.31. The lowest BCUT2D eigenvalue weighted by molar-refractivity contribution is -0.136. The first-order valence-electron chi connectivity index (χ1n) is 7.48. The lowest BCUT2D eigenvalue weighted by Crippen LogP contribution is -2.48. The van der Waals surface area contributed by atoms with Crippen LogP contribution in [0, 0.1) is 5.41 Å². The third-order valence-electron chi connectivity index (χ3n) is 4.02. The van der Waals surface area contributed by atoms with Crippen LogP contribution in [0.1, 0.15) is 25.3 Å². The molecule has 0 unspecified atom stereocenters. The van der Waals surface area contributed by atoms with Crippen molar-refractivity contribution in [1.82, 2.24) is 5.32 Å². The number of hydrogen-bond donors (Lipinski definition) is 3. The summed E-state index contributed by atoms with van der Waals surface area (Å²) in [6.45, 7) is 3.35. The number of carbonyl (C=O) groups excluding carboxylic acids is 2. The Hall–Kier alpha value is -1.63. The number of amides is 2. The zero-order valence-electron chi connectivity index (χ0n) is 13.3. The Bertz CT molecular complexity index is 545. The van der Waals surface area contributed by atoms with Gasteiger partial charge in [0, 0.05) is 38.9 Å². The van der Waals surface area contributed by atoms with E-state index in [1.807, 2.05) is 24.3 Å². The van der Waals surface area contributed by atoms with Gasteiger partial charge in [-0.25, -0.2) is 0 Å². The fourth-order valence-corrected chi connectivity index (χ4v) is 2.62. The minimum atomic E-state index is -0.520. The maximum atomic E-state index is 12.5. The highest BCUT2D eigenvalue weighted by molar-refractivity contribution is 5.88. The van der Waals surface area contributed by atoms with Crippen LogP contribution in [0.5, 0.6) is 0 Å². The van der Waals surface area contributed by atoms with Gasteiger partial charge in [0.25, 0.3) is 0 Å². The molecule has 0 bridgehead atoms. The highest BCUT2D eigenvalue weighted by atomic mass is 35.5. The van der Waals surface area contributed by atoms with Crippen molar-refractivity contribution >= 4 is 29.9 Å². The van der Waals surface area contributed by atoms with E-state index < -0.39 is 5.41 Å². The summed E-state index contributed by atoms with van der Waals surface area (Å²) in [7, 11) is 0. The number of carbonyl (C=O) groups is 2. The van der Waals surface area contributed by atoms with E-state index in [4.69, 9.17) is 10.5 Å². The first-order valence-corrected chi connectivity index (χ1v) is 7.48. The SMILES string of the molecule is CC(=O)Nc1cccc(CNC(=O)C2(CN)CCOCC2)c1.Cl. The Labute approximate surface area is 142 Å². The van der Waals surface area contributed by atoms with E-state index in [0.717, 1.165) is 11.3 Å². The molecule has 2 amide bonds. The number of hydrogen-bond acceptors (Lipinski definition) is 4. The highest BCUT2D eigenvalue weighted by Gasteiger charge is 2.38. The van der Waals surface area contributed by atoms with Crippen molar-refractivity contribution < 1.29 is 14.3 Å². The monoisotopic (exact) mass is 341 g/mol. The second kappa shape index (κ2) is 8.86. The van der Waals surface area contributed by atoms with Crippen LogP contribution in [-0.4, -0.2) is 31.6 Å². The molecule has 7 heteroatoms. The molecule has 0 aromatic heterocycles. The standard InChI is InChI=1S/C16H23N3O3.ClH/c1-12(20)19-14-4-2-3-13(9-14)10-18-15(21)16(11-17)5-7-22-8-6-16;/h2-4,9H,5-8,10-11,17H2,1H3,(H,18,21)(H,19,20);1H. The van der Waals surface area contributed by atoms with Gasteiger partial charge in [0.2, 0.25) is 11.8 Å². The van der Waals surface area contributed by atoms with Gasteiger partial charge in [-0.2, -0.15) is 0 Å². The Morgan fingerprint density at radius 2 is 2.00 bits per heavy atom. The summed E-state index contributed by atoms with van der Waals surface area (Å²) < 4.78 is 5.32. The molecule has 1 aromatic rings. The number of rotatable bonds is 5. The summed E-state index contributed by atoms with van der Waals surface area (Å²) >= 11 is 0. The van der Waals surface area contributed by atoms with Crippen molar-refractivity contribution in [3.8, 4) is 0 Å². The number of anilines is 1. The van der Waals surface area contributed by atoms with Gasteiger partial charge in [-0.3, -0.25) is 9.59 Å². The average Bonchev–Trinajstić information content (AvgIpc) is 2.53. The van der Waals surface area contributed by atoms with Crippen molar-refractivity contribution in [3.63, 3.8) is 0 Å². The van der Waals surface area contributed by atoms with E-state index in [1.54, 1.807) is 0 Å². The molecule has 1 aliphatic rings. The topological polar surface area (TPSA) is 93.5 Å². The molecule has 0 radical (unpaired) electrons. The van der Waals surface area contributed by atoms with Gasteiger partial charge in [-0.1, -0.05) is 12.1 Å². The summed E-state index contributed by atoms with van der Waals surface area (Å²) in [6, 6.07) is 7.41. The lowest BCUT2D eigenvalue weighted by atomic mass is 9.79. The predicted molar refractivity (Wildman–Crippen MR) is 91.4 cm³/mol. The van der Waals surface area contributed by atoms with E-state index in [1.165, 1.54) is 6.92 Å². The first kappa shape index (κ1) is 19.4. The molecule has 0 spiro atoms. The summed E-state index contributed by atoms with van der Waals surface area (Å²) in [5, 5.41) is 5.68. The number of benzene rings is 1. The maximum Gasteiger partial charge on any atom is 0.227 e. The van der Waals surface area contributed by atoms with Gasteiger partial charge in [0.1, 0.15) is 0 Å². The van der Waals surface area contributed by atoms with E-state index >= 15 is 0 Å². The Balaban J connectivity index is 0.00000264. The van der Waals surface area contributed by atoms with Crippen molar-refractivity contribution in [2.75, 3.05) is 25.1 Å². The molecule has 0 saturated carbocycles. The molecule has 1 saturated heterocycles. The average molecular weight is 342 g/mol. The van der Waals surface area contributed by atoms with Gasteiger partial charge in [0.05, 0.1) is 5.41 Å². The molecule has 2 rings (SSSR count). The molecular weight excluding hydrogens is 318 g/mol. The van der Waals surface area contributed by atoms with Crippen molar-refractivity contribution in [3.05, 3.63) is 29.8 Å². The van der Waals surface area contributed by atoms with Gasteiger partial charge in [0.15, 0.2) is 0 Å². The molecule has 23 heavy (non-hydrogen) atoms. The van der Waals surface area contributed by atoms with Crippen LogP contribution in [0.4, 0.5) is 5.69 Å². The van der Waals surface area contributed by atoms with Crippen LogP contribution in [0.25, 0.3) is 0 Å². The van der Waals surface area contributed by atoms with Gasteiger partial charge in [-0.15, -0.1) is 12.4 Å². The van der Waals surface area contributed by atoms with Gasteiger partial charge in [-0.05, 0) is 30.5 Å². The smallest absolute Gasteiger partial charge is 0.227 e. The molecular formula is C16H24ClN3O3. The molecule has 1 aromatic carbocycles. The van der Waals surface area contributed by atoms with Crippen molar-refractivity contribution in [1.29, 1.82) is 0 Å². The van der Waals surface area contributed by atoms with Crippen LogP contribution in [0.15, 0.2) is 24.3 Å². The number of nitrogens with one attached hydrogen (secondary N) is 2. The quantitative estimate of drug-likeness (QED) is 0.755. The molecule has 1 heterocycles. The molecule has 0 aliphatic carbocycles. The molecule has 4 N–H and O–H groups in total. The normalized spacial score (nSPS) is 16.1. The third-order valence-corrected chi connectivity index (χ3v) is 4.02. The first-order chi connectivity index (χ1) is 10.6. The van der Waals surface area contributed by atoms with E-state index in [9.17, 15) is 9.59 Å². The van der Waals surface area contributed by atoms with E-state index in [2.05, 4.69) is 10.6 Å². The Morgan fingerprint density at radius 1 is 1.30 bits per heavy atom.